The summed E-state index contributed by atoms with van der Waals surface area (Å²) in [6.07, 6.45) is -0.936. The molecule has 16 heteroatoms. The molecule has 62 heavy (non-hydrogen) atoms. The van der Waals surface area contributed by atoms with Gasteiger partial charge in [0.15, 0.2) is 0 Å². The fourth-order valence-electron chi connectivity index (χ4n) is 9.74. The number of aryl methyl sites for hydroxylation is 1. The van der Waals surface area contributed by atoms with Gasteiger partial charge >= 0.3 is 17.9 Å². The van der Waals surface area contributed by atoms with Crippen molar-refractivity contribution in [1.82, 2.24) is 14.5 Å². The number of pyridine rings is 2. The van der Waals surface area contributed by atoms with Gasteiger partial charge in [-0.2, -0.15) is 0 Å². The first kappa shape index (κ1) is 40.7. The number of phenols is 2. The van der Waals surface area contributed by atoms with E-state index in [-0.39, 0.29) is 65.9 Å². The molecule has 0 saturated heterocycles. The van der Waals surface area contributed by atoms with Crippen LogP contribution in [0.4, 0.5) is 4.39 Å². The van der Waals surface area contributed by atoms with E-state index in [9.17, 15) is 34.2 Å². The number of phenolic OH excluding ortho intramolecular Hbond substituents is 2. The minimum atomic E-state index is -2.06. The van der Waals surface area contributed by atoms with Crippen LogP contribution in [-0.4, -0.2) is 61.1 Å². The molecule has 0 fully saturated rings. The van der Waals surface area contributed by atoms with Crippen LogP contribution in [-0.2, 0) is 61.9 Å². The van der Waals surface area contributed by atoms with E-state index < -0.39 is 65.9 Å². The molecule has 6 N–H and O–H groups in total. The molecule has 3 aromatic carbocycles. The molecule has 15 nitrogen and oxygen atoms in total. The number of fused-ring (bicyclic) bond motifs is 6. The second kappa shape index (κ2) is 14.8. The Hall–Kier alpha value is -6.65. The maximum absolute atomic E-state index is 15.3. The molecule has 4 aliphatic rings. The first-order chi connectivity index (χ1) is 29.6. The van der Waals surface area contributed by atoms with Crippen molar-refractivity contribution in [3.63, 3.8) is 0 Å². The predicted octanol–water partition coefficient (Wildman–Crippen LogP) is 4.69. The molecular formula is C46H44FN5O10. The second-order valence-electron chi connectivity index (χ2n) is 16.7. The lowest BCUT2D eigenvalue weighted by atomic mass is 9.70. The maximum Gasteiger partial charge on any atom is 0.356 e. The van der Waals surface area contributed by atoms with Crippen LogP contribution in [0.2, 0.25) is 0 Å². The molecule has 5 aromatic rings. The number of aromatic hydroxyl groups is 2. The molecule has 0 radical (unpaired) electrons. The van der Waals surface area contributed by atoms with Gasteiger partial charge in [-0.05, 0) is 95.3 Å². The fourth-order valence-corrected chi connectivity index (χ4v) is 9.74. The molecule has 1 amide bonds. The summed E-state index contributed by atoms with van der Waals surface area (Å²) in [4.78, 5) is 75.9. The highest BCUT2D eigenvalue weighted by Crippen LogP contribution is 2.47. The number of aromatic nitrogens is 2. The van der Waals surface area contributed by atoms with E-state index in [2.05, 4.69) is 0 Å². The van der Waals surface area contributed by atoms with Crippen LogP contribution in [0, 0.1) is 12.7 Å². The number of hydrogen-bond acceptors (Lipinski definition) is 13. The van der Waals surface area contributed by atoms with Crippen LogP contribution in [0.1, 0.15) is 106 Å². The molecule has 3 atom stereocenters. The number of ether oxygens (including phenoxy) is 3. The number of esters is 3. The van der Waals surface area contributed by atoms with Crippen LogP contribution in [0.5, 0.6) is 17.2 Å². The van der Waals surface area contributed by atoms with E-state index in [1.54, 1.807) is 32.0 Å². The third kappa shape index (κ3) is 6.06. The van der Waals surface area contributed by atoms with Gasteiger partial charge in [-0.3, -0.25) is 19.2 Å². The quantitative estimate of drug-likeness (QED) is 0.121. The summed E-state index contributed by atoms with van der Waals surface area (Å²) in [5.74, 6) is -4.70. The van der Waals surface area contributed by atoms with E-state index in [0.717, 1.165) is 28.1 Å². The third-order valence-electron chi connectivity index (χ3n) is 13.0. The molecule has 1 unspecified atom stereocenters. The summed E-state index contributed by atoms with van der Waals surface area (Å²) in [6, 6.07) is 10.0. The summed E-state index contributed by atoms with van der Waals surface area (Å²) in [5.41, 5.74) is 15.7. The summed E-state index contributed by atoms with van der Waals surface area (Å²) in [5, 5.41) is 21.7. The van der Waals surface area contributed by atoms with Crippen molar-refractivity contribution in [3.05, 3.63) is 114 Å². The summed E-state index contributed by atoms with van der Waals surface area (Å²) in [6.45, 7) is 6.32. The zero-order valence-electron chi connectivity index (χ0n) is 34.5. The molecule has 2 aromatic heterocycles. The van der Waals surface area contributed by atoms with E-state index in [4.69, 9.17) is 30.7 Å². The smallest absolute Gasteiger partial charge is 0.356 e. The Bertz CT molecular complexity index is 2890. The zero-order chi connectivity index (χ0) is 44.1. The van der Waals surface area contributed by atoms with E-state index in [1.165, 1.54) is 27.7 Å². The molecule has 0 bridgehead atoms. The van der Waals surface area contributed by atoms with Crippen molar-refractivity contribution in [2.75, 3.05) is 6.54 Å². The largest absolute Gasteiger partial charge is 0.508 e. The zero-order valence-corrected chi connectivity index (χ0v) is 34.5. The van der Waals surface area contributed by atoms with Gasteiger partial charge in [-0.15, -0.1) is 0 Å². The minimum absolute atomic E-state index is 0.0187. The maximum atomic E-state index is 15.3. The lowest BCUT2D eigenvalue weighted by Crippen LogP contribution is -2.57. The Morgan fingerprint density at radius 3 is 2.50 bits per heavy atom. The molecule has 9 rings (SSSR count). The average Bonchev–Trinajstić information content (AvgIpc) is 3.84. The van der Waals surface area contributed by atoms with Crippen LogP contribution in [0.15, 0.2) is 47.3 Å². The molecule has 1 aliphatic carbocycles. The summed E-state index contributed by atoms with van der Waals surface area (Å²) >= 11 is 0. The number of halogens is 1. The average molecular weight is 846 g/mol. The minimum Gasteiger partial charge on any atom is -0.508 e. The molecule has 0 saturated carbocycles. The van der Waals surface area contributed by atoms with Gasteiger partial charge in [-0.25, -0.2) is 14.2 Å². The normalized spacial score (nSPS) is 18.8. The van der Waals surface area contributed by atoms with Gasteiger partial charge < -0.3 is 45.4 Å². The van der Waals surface area contributed by atoms with Crippen molar-refractivity contribution >= 4 is 34.7 Å². The summed E-state index contributed by atoms with van der Waals surface area (Å²) < 4.78 is 34.1. The molecule has 320 valence electrons. The predicted molar refractivity (Wildman–Crippen MR) is 221 cm³/mol. The number of rotatable bonds is 8. The highest BCUT2D eigenvalue weighted by molar-refractivity contribution is 5.99. The Balaban J connectivity index is 1.13. The highest BCUT2D eigenvalue weighted by atomic mass is 19.1. The fraction of sp³-hybridized carbons (Fsp3) is 0.348. The van der Waals surface area contributed by atoms with Gasteiger partial charge in [-0.1, -0.05) is 26.8 Å². The Labute approximate surface area is 354 Å². The number of cyclic esters (lactones) is 1. The molecule has 3 aliphatic heterocycles. The summed E-state index contributed by atoms with van der Waals surface area (Å²) in [7, 11) is 0. The van der Waals surface area contributed by atoms with Crippen molar-refractivity contribution in [1.29, 1.82) is 0 Å². The lowest BCUT2D eigenvalue weighted by molar-refractivity contribution is -0.175. The van der Waals surface area contributed by atoms with Crippen LogP contribution < -0.4 is 21.8 Å². The van der Waals surface area contributed by atoms with Gasteiger partial charge in [0.2, 0.25) is 6.10 Å². The number of carbonyl (C=O) groups is 4. The van der Waals surface area contributed by atoms with Crippen molar-refractivity contribution in [2.45, 2.75) is 96.7 Å². The first-order valence-corrected chi connectivity index (χ1v) is 20.5. The van der Waals surface area contributed by atoms with Gasteiger partial charge in [0.1, 0.15) is 35.1 Å². The number of benzene rings is 3. The number of nitrogens with zero attached hydrogens (tertiary/aromatic N) is 3. The number of amides is 1. The van der Waals surface area contributed by atoms with Crippen molar-refractivity contribution in [2.24, 2.45) is 11.5 Å². The number of carbonyl (C=O) groups excluding carboxylic acids is 4. The van der Waals surface area contributed by atoms with Crippen molar-refractivity contribution in [3.8, 4) is 28.6 Å². The van der Waals surface area contributed by atoms with E-state index in [0.29, 0.717) is 52.0 Å². The molecule has 5 heterocycles. The topological polar surface area (TPSA) is 227 Å². The van der Waals surface area contributed by atoms with Gasteiger partial charge in [0.25, 0.3) is 11.5 Å². The second-order valence-corrected chi connectivity index (χ2v) is 16.7. The molecular weight excluding hydrogens is 802 g/mol. The Morgan fingerprint density at radius 2 is 1.77 bits per heavy atom. The van der Waals surface area contributed by atoms with Gasteiger partial charge in [0, 0.05) is 42.2 Å². The van der Waals surface area contributed by atoms with Crippen LogP contribution in [0.25, 0.3) is 22.3 Å². The Kier molecular flexibility index (Phi) is 9.70. The van der Waals surface area contributed by atoms with Crippen LogP contribution in [0.3, 0.4) is 0 Å². The monoisotopic (exact) mass is 845 g/mol. The van der Waals surface area contributed by atoms with Gasteiger partial charge in [0.05, 0.1) is 41.1 Å². The Morgan fingerprint density at radius 1 is 1.02 bits per heavy atom. The number of hydrogen-bond donors (Lipinski definition) is 4. The first-order valence-electron chi connectivity index (χ1n) is 20.5. The molecule has 0 spiro atoms. The highest BCUT2D eigenvalue weighted by Gasteiger charge is 2.58. The lowest BCUT2D eigenvalue weighted by Gasteiger charge is -2.40. The number of nitrogens with two attached hydrogens (primary N) is 2. The standard InChI is InChI=1S/C46H44FN5O10/c1-5-46(30-12-34-40-28(18-52(34)43(57)29(30)19-60-45(46)59)38-32(49)9-8-25-21(4)31(47)13-33(50-40)39(25)38)41(44(58)62-37(55)15-48)61-24-7-6-22-16-51(17-23(22)10-24)42(56)27-11-26(20(2)3)35(53)14-36(27)54/h6-7,10-14,20,32,41,53-54H,5,8-9,15-19,48-49H2,1-4H3/t32-,41?,46-/m0/s1. The van der Waals surface area contributed by atoms with E-state index >= 15 is 4.39 Å². The van der Waals surface area contributed by atoms with E-state index in [1.807, 2.05) is 13.8 Å². The third-order valence-corrected chi connectivity index (χ3v) is 13.0. The van der Waals surface area contributed by atoms with Crippen molar-refractivity contribution < 1.29 is 48.0 Å². The van der Waals surface area contributed by atoms with Crippen LogP contribution >= 0.6 is 0 Å². The SMILES string of the molecule is CC[C@]1(C(Oc2ccc3c(c2)CN(C(=O)c2cc(C(C)C)c(O)cc2O)C3)C(=O)OC(=O)CN)C(=O)OCc2c1cc1n(c2=O)Cc2c-1nc1cc(F)c(C)c3c1c2[C@@H](N)CC3.